The molecule has 1 aliphatic heterocycles. The highest BCUT2D eigenvalue weighted by Crippen LogP contribution is 2.30. The molecule has 0 aliphatic carbocycles. The summed E-state index contributed by atoms with van der Waals surface area (Å²) in [5, 5.41) is 11.4. The number of aryl methyl sites for hydroxylation is 1. The van der Waals surface area contributed by atoms with Crippen molar-refractivity contribution < 1.29 is 9.59 Å². The number of nitrogens with two attached hydrogens (primary N) is 1. The third kappa shape index (κ3) is 5.79. The lowest BCUT2D eigenvalue weighted by molar-refractivity contribution is 0.0986. The highest BCUT2D eigenvalue weighted by Gasteiger charge is 2.23. The molecule has 1 aromatic carbocycles. The summed E-state index contributed by atoms with van der Waals surface area (Å²) in [4.78, 5) is 39.1. The van der Waals surface area contributed by atoms with Gasteiger partial charge in [-0.05, 0) is 49.2 Å². The van der Waals surface area contributed by atoms with Crippen LogP contribution in [0.1, 0.15) is 34.6 Å². The second-order valence-corrected chi connectivity index (χ2v) is 10.7. The molecule has 2 amide bonds. The van der Waals surface area contributed by atoms with Gasteiger partial charge in [0.1, 0.15) is 0 Å². The minimum absolute atomic E-state index is 0.0147. The van der Waals surface area contributed by atoms with Crippen molar-refractivity contribution in [2.45, 2.75) is 31.7 Å². The first-order valence-electron chi connectivity index (χ1n) is 12.2. The van der Waals surface area contributed by atoms with Crippen molar-refractivity contribution in [1.82, 2.24) is 24.9 Å². The van der Waals surface area contributed by atoms with Gasteiger partial charge in [0, 0.05) is 44.2 Å². The largest absolute Gasteiger partial charge is 0.370 e. The van der Waals surface area contributed by atoms with Gasteiger partial charge in [0.15, 0.2) is 5.78 Å². The number of rotatable bonds is 8. The van der Waals surface area contributed by atoms with E-state index in [2.05, 4.69) is 20.5 Å². The molecule has 0 spiro atoms. The molecule has 0 radical (unpaired) electrons. The minimum atomic E-state index is -0.523. The maximum atomic E-state index is 12.5. The minimum Gasteiger partial charge on any atom is -0.370 e. The summed E-state index contributed by atoms with van der Waals surface area (Å²) in [6.07, 6.45) is 5.77. The van der Waals surface area contributed by atoms with Crippen LogP contribution < -0.4 is 21.5 Å². The number of Topliss-reactive ketones (excluding diaryl/α,β-unsaturated/α-hetero) is 1. The lowest BCUT2D eigenvalue weighted by Gasteiger charge is -2.34. The molecular weight excluding hydrogens is 526 g/mol. The lowest BCUT2D eigenvalue weighted by atomic mass is 10.0. The molecule has 5 rings (SSSR count). The molecule has 1 aliphatic rings. The Labute approximate surface area is 227 Å². The number of halogens is 1. The quantitative estimate of drug-likeness (QED) is 0.322. The van der Waals surface area contributed by atoms with E-state index in [-0.39, 0.29) is 17.4 Å². The van der Waals surface area contributed by atoms with Gasteiger partial charge in [-0.1, -0.05) is 22.9 Å². The molecule has 38 heavy (non-hydrogen) atoms. The number of nitrogens with zero attached hydrogens (tertiary/aromatic N) is 5. The number of carbonyl (C=O) groups is 2. The van der Waals surface area contributed by atoms with Crippen molar-refractivity contribution in [3.63, 3.8) is 0 Å². The number of nitrogens with one attached hydrogen (secondary N) is 1. The Bertz CT molecular complexity index is 1520. The van der Waals surface area contributed by atoms with Crippen LogP contribution in [0.5, 0.6) is 0 Å². The Morgan fingerprint density at radius 1 is 1.11 bits per heavy atom. The highest BCUT2D eigenvalue weighted by atomic mass is 35.5. The van der Waals surface area contributed by atoms with Gasteiger partial charge in [-0.25, -0.2) is 9.48 Å². The molecule has 3 aromatic heterocycles. The van der Waals surface area contributed by atoms with E-state index in [9.17, 15) is 14.4 Å². The zero-order valence-electron chi connectivity index (χ0n) is 20.4. The topological polar surface area (TPSA) is 128 Å². The number of anilines is 1. The standard InChI is InChI=1S/C26H26ClN7O3S/c27-24-9-8-23(38-24)22(35)7-4-18-16-34(31-30-18)20-6-5-19(33-12-2-1-3-25(33)36)15-21(20)32-13-10-17(11-14-32)29-26(28)37/h1-3,5-6,8-9,12,15-17H,4,7,10-11,13-14H2,(H3,28,29,37). The SMILES string of the molecule is NC(=O)NC1CCN(c2cc(-n3ccccc3=O)ccc2-n2cc(CCC(=O)c3ccc(Cl)s3)nn2)CC1. The van der Waals surface area contributed by atoms with E-state index in [0.29, 0.717) is 40.8 Å². The average molecular weight is 552 g/mol. The van der Waals surface area contributed by atoms with Crippen molar-refractivity contribution in [1.29, 1.82) is 0 Å². The fourth-order valence-corrected chi connectivity index (χ4v) is 5.59. The van der Waals surface area contributed by atoms with Crippen LogP contribution in [0.25, 0.3) is 11.4 Å². The van der Waals surface area contributed by atoms with Crippen molar-refractivity contribution in [2.24, 2.45) is 5.73 Å². The first kappa shape index (κ1) is 25.7. The molecule has 0 unspecified atom stereocenters. The number of benzene rings is 1. The predicted octanol–water partition coefficient (Wildman–Crippen LogP) is 3.59. The maximum absolute atomic E-state index is 12.5. The summed E-state index contributed by atoms with van der Waals surface area (Å²) in [5.41, 5.74) is 8.29. The van der Waals surface area contributed by atoms with Gasteiger partial charge >= 0.3 is 6.03 Å². The van der Waals surface area contributed by atoms with Crippen molar-refractivity contribution in [3.05, 3.63) is 86.2 Å². The summed E-state index contributed by atoms with van der Waals surface area (Å²) < 4.78 is 3.87. The summed E-state index contributed by atoms with van der Waals surface area (Å²) >= 11 is 7.22. The molecular formula is C26H26ClN7O3S. The third-order valence-corrected chi connectivity index (χ3v) is 7.76. The highest BCUT2D eigenvalue weighted by molar-refractivity contribution is 7.18. The Morgan fingerprint density at radius 2 is 1.92 bits per heavy atom. The van der Waals surface area contributed by atoms with Crippen molar-refractivity contribution in [2.75, 3.05) is 18.0 Å². The summed E-state index contributed by atoms with van der Waals surface area (Å²) in [5.74, 6) is 0.0160. The van der Waals surface area contributed by atoms with E-state index in [1.54, 1.807) is 33.6 Å². The number of piperidine rings is 1. The molecule has 0 bridgehead atoms. The monoisotopic (exact) mass is 551 g/mol. The van der Waals surface area contributed by atoms with Crippen LogP contribution in [0.2, 0.25) is 4.34 Å². The second kappa shape index (κ2) is 11.2. The Kier molecular flexibility index (Phi) is 7.57. The molecule has 3 N–H and O–H groups in total. The molecule has 0 atom stereocenters. The van der Waals surface area contributed by atoms with E-state index in [0.717, 1.165) is 29.9 Å². The number of amides is 2. The summed E-state index contributed by atoms with van der Waals surface area (Å²) in [6, 6.07) is 13.7. The Balaban J connectivity index is 1.40. The van der Waals surface area contributed by atoms with Crippen LogP contribution >= 0.6 is 22.9 Å². The van der Waals surface area contributed by atoms with Crippen LogP contribution in [-0.2, 0) is 6.42 Å². The predicted molar refractivity (Wildman–Crippen MR) is 147 cm³/mol. The number of primary amides is 1. The van der Waals surface area contributed by atoms with Gasteiger partial charge in [0.25, 0.3) is 5.56 Å². The van der Waals surface area contributed by atoms with Crippen LogP contribution in [0.4, 0.5) is 10.5 Å². The van der Waals surface area contributed by atoms with Gasteiger partial charge in [-0.2, -0.15) is 0 Å². The zero-order chi connectivity index (χ0) is 26.6. The fourth-order valence-electron chi connectivity index (χ4n) is 4.57. The number of carbonyl (C=O) groups excluding carboxylic acids is 2. The molecule has 4 heterocycles. The number of hydrogen-bond donors (Lipinski definition) is 2. The molecule has 10 nitrogen and oxygen atoms in total. The maximum Gasteiger partial charge on any atom is 0.312 e. The van der Waals surface area contributed by atoms with Crippen LogP contribution in [-0.4, -0.2) is 50.5 Å². The van der Waals surface area contributed by atoms with Crippen molar-refractivity contribution in [3.8, 4) is 11.4 Å². The fraction of sp³-hybridized carbons (Fsp3) is 0.269. The van der Waals surface area contributed by atoms with Crippen LogP contribution in [0, 0.1) is 0 Å². The van der Waals surface area contributed by atoms with Crippen molar-refractivity contribution >= 4 is 40.4 Å². The number of hydrogen-bond acceptors (Lipinski definition) is 7. The third-order valence-electron chi connectivity index (χ3n) is 6.49. The van der Waals surface area contributed by atoms with Gasteiger partial charge in [-0.15, -0.1) is 16.4 Å². The average Bonchev–Trinajstić information content (AvgIpc) is 3.57. The lowest BCUT2D eigenvalue weighted by Crippen LogP contribution is -2.46. The molecule has 4 aromatic rings. The van der Waals surface area contributed by atoms with E-state index in [1.165, 1.54) is 17.4 Å². The summed E-state index contributed by atoms with van der Waals surface area (Å²) in [7, 11) is 0. The molecule has 1 fully saturated rings. The normalized spacial score (nSPS) is 14.0. The zero-order valence-corrected chi connectivity index (χ0v) is 22.0. The Morgan fingerprint density at radius 3 is 2.63 bits per heavy atom. The molecule has 196 valence electrons. The number of aromatic nitrogens is 4. The number of pyridine rings is 1. The second-order valence-electron chi connectivity index (χ2n) is 9.03. The van der Waals surface area contributed by atoms with Crippen LogP contribution in [0.15, 0.2) is 65.7 Å². The van der Waals surface area contributed by atoms with E-state index >= 15 is 0 Å². The first-order chi connectivity index (χ1) is 18.4. The van der Waals surface area contributed by atoms with Gasteiger partial charge in [-0.3, -0.25) is 14.2 Å². The van der Waals surface area contributed by atoms with Gasteiger partial charge in [0.2, 0.25) is 0 Å². The Hall–Kier alpha value is -3.96. The first-order valence-corrected chi connectivity index (χ1v) is 13.4. The molecule has 1 saturated heterocycles. The van der Waals surface area contributed by atoms with Crippen LogP contribution in [0.3, 0.4) is 0 Å². The smallest absolute Gasteiger partial charge is 0.312 e. The molecule has 0 saturated carbocycles. The van der Waals surface area contributed by atoms with E-state index < -0.39 is 6.03 Å². The summed E-state index contributed by atoms with van der Waals surface area (Å²) in [6.45, 7) is 1.37. The van der Waals surface area contributed by atoms with Gasteiger partial charge in [0.05, 0.1) is 38.2 Å². The van der Waals surface area contributed by atoms with Gasteiger partial charge < -0.3 is 16.0 Å². The number of ketones is 1. The molecule has 12 heteroatoms. The number of thiophene rings is 1. The van der Waals surface area contributed by atoms with E-state index in [1.807, 2.05) is 30.5 Å². The number of urea groups is 1. The van der Waals surface area contributed by atoms with E-state index in [4.69, 9.17) is 17.3 Å².